The van der Waals surface area contributed by atoms with Crippen LogP contribution in [0, 0.1) is 13.8 Å². The van der Waals surface area contributed by atoms with Gasteiger partial charge in [-0.15, -0.1) is 0 Å². The van der Waals surface area contributed by atoms with E-state index in [1.807, 2.05) is 75.4 Å². The third-order valence-electron chi connectivity index (χ3n) is 7.09. The van der Waals surface area contributed by atoms with Crippen molar-refractivity contribution in [2.24, 2.45) is 5.73 Å². The van der Waals surface area contributed by atoms with E-state index in [9.17, 15) is 14.7 Å². The van der Waals surface area contributed by atoms with Crippen LogP contribution in [0.15, 0.2) is 65.1 Å². The molecule has 210 valence electrons. The minimum Gasteiger partial charge on any atom is -0.455 e. The average Bonchev–Trinajstić information content (AvgIpc) is 3.61. The number of rotatable bonds is 8. The van der Waals surface area contributed by atoms with Crippen LogP contribution >= 0.6 is 0 Å². The Hall–Kier alpha value is -4.80. The lowest BCUT2D eigenvalue weighted by atomic mass is 9.95. The third-order valence-corrected chi connectivity index (χ3v) is 7.09. The lowest BCUT2D eigenvalue weighted by Gasteiger charge is -2.15. The van der Waals surface area contributed by atoms with Gasteiger partial charge >= 0.3 is 0 Å². The molecule has 5 rings (SSSR count). The van der Waals surface area contributed by atoms with Gasteiger partial charge in [-0.1, -0.05) is 48.9 Å². The van der Waals surface area contributed by atoms with E-state index in [2.05, 4.69) is 25.8 Å². The maximum Gasteiger partial charge on any atom is 0.255 e. The predicted molar refractivity (Wildman–Crippen MR) is 156 cm³/mol. The number of aromatic amines is 1. The topological polar surface area (TPSA) is 159 Å². The Kier molecular flexibility index (Phi) is 7.69. The number of nitrogens with two attached hydrogens (primary N) is 1. The quantitative estimate of drug-likeness (QED) is 0.175. The molecule has 0 saturated carbocycles. The lowest BCUT2D eigenvalue weighted by Crippen LogP contribution is -2.29. The number of hydrogen-bond acceptors (Lipinski definition) is 7. The van der Waals surface area contributed by atoms with Gasteiger partial charge in [0.15, 0.2) is 12.1 Å². The molecular formula is C31H32N6O4. The molecule has 2 unspecified atom stereocenters. The molecule has 2 amide bonds. The Morgan fingerprint density at radius 3 is 2.41 bits per heavy atom. The van der Waals surface area contributed by atoms with Crippen LogP contribution in [-0.2, 0) is 0 Å². The van der Waals surface area contributed by atoms with Gasteiger partial charge in [0.05, 0.1) is 11.6 Å². The number of carbonyl (C=O) groups is 2. The highest BCUT2D eigenvalue weighted by atomic mass is 16.3. The van der Waals surface area contributed by atoms with Crippen LogP contribution in [0.25, 0.3) is 33.4 Å². The van der Waals surface area contributed by atoms with Crippen molar-refractivity contribution in [3.63, 3.8) is 0 Å². The van der Waals surface area contributed by atoms with Crippen LogP contribution in [0.2, 0.25) is 0 Å². The van der Waals surface area contributed by atoms with Gasteiger partial charge in [0, 0.05) is 23.6 Å². The Labute approximate surface area is 237 Å². The Morgan fingerprint density at radius 2 is 1.76 bits per heavy atom. The van der Waals surface area contributed by atoms with Gasteiger partial charge in [-0.3, -0.25) is 20.4 Å². The number of aromatic nitrogens is 3. The first-order valence-electron chi connectivity index (χ1n) is 13.3. The summed E-state index contributed by atoms with van der Waals surface area (Å²) in [6.07, 6.45) is -0.764. The molecule has 0 radical (unpaired) electrons. The second-order valence-electron chi connectivity index (χ2n) is 9.95. The molecule has 0 aliphatic heterocycles. The maximum atomic E-state index is 13.3. The van der Waals surface area contributed by atoms with Crippen molar-refractivity contribution < 1.29 is 19.1 Å². The first-order valence-corrected chi connectivity index (χ1v) is 13.3. The Bertz CT molecular complexity index is 1740. The molecule has 0 aliphatic rings. The van der Waals surface area contributed by atoms with E-state index in [0.29, 0.717) is 40.1 Å². The van der Waals surface area contributed by atoms with E-state index in [1.165, 1.54) is 0 Å². The molecule has 2 aromatic heterocycles. The van der Waals surface area contributed by atoms with Crippen LogP contribution in [-0.4, -0.2) is 39.1 Å². The maximum absolute atomic E-state index is 13.3. The first kappa shape index (κ1) is 27.8. The molecule has 0 spiro atoms. The smallest absolute Gasteiger partial charge is 0.255 e. The van der Waals surface area contributed by atoms with Crippen molar-refractivity contribution in [2.75, 3.05) is 7.05 Å². The summed E-state index contributed by atoms with van der Waals surface area (Å²) in [5, 5.41) is 22.6. The molecule has 2 atom stereocenters. The number of aliphatic hydroxyl groups is 1. The fourth-order valence-corrected chi connectivity index (χ4v) is 4.78. The molecule has 41 heavy (non-hydrogen) atoms. The normalized spacial score (nSPS) is 12.7. The van der Waals surface area contributed by atoms with Gasteiger partial charge in [-0.2, -0.15) is 5.10 Å². The molecule has 6 N–H and O–H groups in total. The van der Waals surface area contributed by atoms with E-state index in [1.54, 1.807) is 13.1 Å². The summed E-state index contributed by atoms with van der Waals surface area (Å²) in [6.45, 7) is 5.88. The largest absolute Gasteiger partial charge is 0.455 e. The molecule has 0 aliphatic carbocycles. The average molecular weight is 553 g/mol. The number of furan rings is 1. The van der Waals surface area contributed by atoms with Crippen LogP contribution in [0.4, 0.5) is 0 Å². The molecule has 2 heterocycles. The molecule has 5 aromatic rings. The van der Waals surface area contributed by atoms with E-state index in [0.717, 1.165) is 27.8 Å². The van der Waals surface area contributed by atoms with Gasteiger partial charge in [0.25, 0.3) is 11.8 Å². The van der Waals surface area contributed by atoms with Crippen molar-refractivity contribution in [3.8, 4) is 22.5 Å². The second kappa shape index (κ2) is 11.4. The number of aliphatic hydroxyl groups excluding tert-OH is 1. The van der Waals surface area contributed by atoms with Gasteiger partial charge < -0.3 is 20.2 Å². The third kappa shape index (κ3) is 5.47. The summed E-state index contributed by atoms with van der Waals surface area (Å²) < 4.78 is 6.18. The van der Waals surface area contributed by atoms with Crippen LogP contribution < -0.4 is 16.4 Å². The van der Waals surface area contributed by atoms with Crippen molar-refractivity contribution >= 4 is 22.8 Å². The Morgan fingerprint density at radius 1 is 1.02 bits per heavy atom. The van der Waals surface area contributed by atoms with Gasteiger partial charge in [0.2, 0.25) is 0 Å². The van der Waals surface area contributed by atoms with Crippen molar-refractivity contribution in [1.82, 2.24) is 25.8 Å². The molecular weight excluding hydrogens is 520 g/mol. The van der Waals surface area contributed by atoms with Gasteiger partial charge in [0.1, 0.15) is 17.2 Å². The summed E-state index contributed by atoms with van der Waals surface area (Å²) >= 11 is 0. The highest BCUT2D eigenvalue weighted by Crippen LogP contribution is 2.37. The zero-order valence-electron chi connectivity index (χ0n) is 23.3. The minimum absolute atomic E-state index is 0.0571. The summed E-state index contributed by atoms with van der Waals surface area (Å²) in [4.78, 5) is 30.5. The molecule has 0 bridgehead atoms. The van der Waals surface area contributed by atoms with E-state index < -0.39 is 12.3 Å². The Balaban J connectivity index is 1.51. The number of H-pyrrole nitrogens is 1. The highest BCUT2D eigenvalue weighted by molar-refractivity contribution is 6.12. The zero-order chi connectivity index (χ0) is 29.3. The lowest BCUT2D eigenvalue weighted by molar-refractivity contribution is 0.0931. The summed E-state index contributed by atoms with van der Waals surface area (Å²) in [6, 6.07) is 18.6. The van der Waals surface area contributed by atoms with E-state index in [4.69, 9.17) is 10.2 Å². The number of benzene rings is 3. The van der Waals surface area contributed by atoms with Gasteiger partial charge in [-0.25, -0.2) is 4.98 Å². The monoisotopic (exact) mass is 552 g/mol. The second-order valence-corrected chi connectivity index (χ2v) is 9.95. The zero-order valence-corrected chi connectivity index (χ0v) is 23.3. The fraction of sp³-hybridized carbons (Fsp3) is 0.226. The molecule has 3 aromatic carbocycles. The van der Waals surface area contributed by atoms with Crippen molar-refractivity contribution in [1.29, 1.82) is 0 Å². The van der Waals surface area contributed by atoms with Crippen LogP contribution in [0.1, 0.15) is 69.1 Å². The number of aryl methyl sites for hydroxylation is 2. The standard InChI is InChI=1S/C31H32N6O4/c1-5-23(28-35-29(27(32)38)37-36-28)34-30(39)20-11-8-17(3)21(15-20)19-12-13-24-22(14-19)25(31(40)33-4)26(41-24)18-9-6-16(2)7-10-18/h6-15,23,27,38H,5,32H2,1-4H3,(H,33,40)(H,34,39)(H,35,36,37). The summed E-state index contributed by atoms with van der Waals surface area (Å²) in [5.74, 6) is 0.432. The molecule has 0 saturated heterocycles. The van der Waals surface area contributed by atoms with E-state index >= 15 is 0 Å². The van der Waals surface area contributed by atoms with E-state index in [-0.39, 0.29) is 17.6 Å². The molecule has 10 heteroatoms. The summed E-state index contributed by atoms with van der Waals surface area (Å²) in [7, 11) is 1.59. The van der Waals surface area contributed by atoms with Crippen LogP contribution in [0.5, 0.6) is 0 Å². The molecule has 0 fully saturated rings. The number of fused-ring (bicyclic) bond motifs is 1. The summed E-state index contributed by atoms with van der Waals surface area (Å²) in [5.41, 5.74) is 11.5. The fourth-order valence-electron chi connectivity index (χ4n) is 4.78. The number of nitrogens with zero attached hydrogens (tertiary/aromatic N) is 2. The van der Waals surface area contributed by atoms with Crippen molar-refractivity contribution in [3.05, 3.63) is 94.6 Å². The van der Waals surface area contributed by atoms with Crippen molar-refractivity contribution in [2.45, 2.75) is 39.5 Å². The first-order chi connectivity index (χ1) is 19.7. The molecule has 10 nitrogen and oxygen atoms in total. The SMILES string of the molecule is CCC(NC(=O)c1ccc(C)c(-c2ccc3oc(-c4ccc(C)cc4)c(C(=O)NC)c3c2)c1)c1nc(C(N)O)n[nH]1. The predicted octanol–water partition coefficient (Wildman–Crippen LogP) is 4.69. The number of hydrogen-bond donors (Lipinski definition) is 5. The highest BCUT2D eigenvalue weighted by Gasteiger charge is 2.23. The minimum atomic E-state index is -1.31. The van der Waals surface area contributed by atoms with Crippen LogP contribution in [0.3, 0.4) is 0 Å². The number of carbonyl (C=O) groups excluding carboxylic acids is 2. The number of nitrogens with one attached hydrogen (secondary N) is 3. The number of amides is 2. The van der Waals surface area contributed by atoms with Gasteiger partial charge in [-0.05, 0) is 61.2 Å².